The molecule has 0 bridgehead atoms. The monoisotopic (exact) mass is 493 g/mol. The Morgan fingerprint density at radius 2 is 0.593 bits per heavy atom. The normalized spacial score (nSPS) is 11.7. The van der Waals surface area contributed by atoms with Crippen molar-refractivity contribution in [2.45, 2.75) is 24.4 Å². The Morgan fingerprint density at radius 3 is 0.630 bits per heavy atom. The predicted molar refractivity (Wildman–Crippen MR) is 58.5 cm³/mol. The van der Waals surface area contributed by atoms with Gasteiger partial charge in [0.05, 0.1) is 23.9 Å². The van der Waals surface area contributed by atoms with Crippen LogP contribution in [0.2, 0.25) is 0 Å². The van der Waals surface area contributed by atoms with E-state index in [-0.39, 0.29) is 120 Å². The van der Waals surface area contributed by atoms with Crippen molar-refractivity contribution in [2.75, 3.05) is 0 Å². The van der Waals surface area contributed by atoms with E-state index in [9.17, 15) is 39.6 Å². The average molecular weight is 494 g/mol. The number of carbonyl (C=O) groups is 4. The summed E-state index contributed by atoms with van der Waals surface area (Å²) in [7, 11) is 0. The molecule has 0 aliphatic heterocycles. The molecule has 0 aromatic heterocycles. The molecule has 0 saturated carbocycles. The summed E-state index contributed by atoms with van der Waals surface area (Å²) < 4.78 is 0. The summed E-state index contributed by atoms with van der Waals surface area (Å²) in [4.78, 5) is 38.5. The van der Waals surface area contributed by atoms with Gasteiger partial charge < -0.3 is 81.9 Å². The molecule has 0 aliphatic rings. The molecule has 0 saturated heterocycles. The van der Waals surface area contributed by atoms with Crippen LogP contribution in [0.15, 0.2) is 0 Å². The Balaban J connectivity index is -0.0000000272. The van der Waals surface area contributed by atoms with Gasteiger partial charge in [-0.3, -0.25) is 0 Å². The number of hydrogen-bond donors (Lipinski definition) is 4. The van der Waals surface area contributed by atoms with E-state index in [1.807, 2.05) is 0 Å². The van der Waals surface area contributed by atoms with Gasteiger partial charge in [-0.15, -0.1) is 0 Å². The van der Waals surface area contributed by atoms with Crippen molar-refractivity contribution >= 4 is 23.9 Å². The number of carboxylic acid groups (broad SMARTS) is 4. The molecule has 0 rings (SSSR count). The van der Waals surface area contributed by atoms with Crippen LogP contribution in [0.5, 0.6) is 0 Å². The molecule has 1 radical (unpaired) electrons. The summed E-state index contributed by atoms with van der Waals surface area (Å²) in [5, 5.41) is 71.5. The standard InChI is InChI=1S/2C4H6O6.Cu.K.Na.4H2O/c2*5-1(3(7)8)2(6)4(9)10;;;;;;;/h2*1-2,5-6H,(H,7,8)(H,9,10);;;;4*1H2/q;;+2;2*+1;;;;/p-4. The smallest absolute Gasteiger partial charge is 0.547 e. The quantitative estimate of drug-likeness (QED) is 0.250. The summed E-state index contributed by atoms with van der Waals surface area (Å²) in [6.07, 6.45) is -9.76. The Morgan fingerprint density at radius 1 is 0.519 bits per heavy atom. The van der Waals surface area contributed by atoms with E-state index >= 15 is 0 Å². The number of aliphatic hydroxyl groups is 4. The second-order valence-corrected chi connectivity index (χ2v) is 3.06. The van der Waals surface area contributed by atoms with Crippen molar-refractivity contribution < 1.29 is 180 Å². The fourth-order valence-corrected chi connectivity index (χ4v) is 0.516. The van der Waals surface area contributed by atoms with Crippen LogP contribution in [-0.2, 0) is 36.2 Å². The zero-order valence-corrected chi connectivity index (χ0v) is 19.7. The third kappa shape index (κ3) is 26.7. The van der Waals surface area contributed by atoms with Gasteiger partial charge in [0.15, 0.2) is 0 Å². The molecule has 157 valence electrons. The fraction of sp³-hybridized carbons (Fsp3) is 0.500. The minimum absolute atomic E-state index is 0. The Hall–Kier alpha value is 0.716. The third-order valence-electron chi connectivity index (χ3n) is 1.56. The van der Waals surface area contributed by atoms with Gasteiger partial charge in [-0.05, 0) is 0 Å². The van der Waals surface area contributed by atoms with Crippen molar-refractivity contribution in [3.05, 3.63) is 0 Å². The fourth-order valence-electron chi connectivity index (χ4n) is 0.516. The van der Waals surface area contributed by atoms with E-state index < -0.39 is 48.3 Å². The minimum Gasteiger partial charge on any atom is -0.547 e. The molecule has 4 atom stereocenters. The van der Waals surface area contributed by atoms with Crippen molar-refractivity contribution in [1.29, 1.82) is 0 Å². The molecule has 0 amide bonds. The van der Waals surface area contributed by atoms with E-state index in [1.54, 1.807) is 0 Å². The maximum absolute atomic E-state index is 9.63. The SMILES string of the molecule is O.O.O.O.O=C([O-])C(O)C(O)C(=O)[O-].O=C([O-])C(O)C(O)C(=O)[O-].[Cu+2].[K+].[Na+]. The number of carboxylic acids is 4. The minimum atomic E-state index is -2.44. The second kappa shape index (κ2) is 28.9. The molecular weight excluding hydrogens is 478 g/mol. The summed E-state index contributed by atoms with van der Waals surface area (Å²) >= 11 is 0. The van der Waals surface area contributed by atoms with Crippen molar-refractivity contribution in [3.63, 3.8) is 0 Å². The molecule has 0 spiro atoms. The Labute approximate surface area is 225 Å². The topological polar surface area (TPSA) is 367 Å². The first kappa shape index (κ1) is 56.5. The number of rotatable bonds is 6. The Kier molecular flexibility index (Phi) is 60.5. The van der Waals surface area contributed by atoms with Crippen molar-refractivity contribution in [1.82, 2.24) is 0 Å². The first-order chi connectivity index (χ1) is 8.93. The molecule has 19 heteroatoms. The first-order valence-electron chi connectivity index (χ1n) is 4.49. The maximum atomic E-state index is 9.63. The number of carbonyl (C=O) groups excluding carboxylic acids is 4. The molecule has 4 unspecified atom stereocenters. The summed E-state index contributed by atoms with van der Waals surface area (Å²) in [6.45, 7) is 0. The van der Waals surface area contributed by atoms with E-state index in [0.717, 1.165) is 0 Å². The van der Waals surface area contributed by atoms with E-state index in [0.29, 0.717) is 0 Å². The van der Waals surface area contributed by atoms with Crippen LogP contribution >= 0.6 is 0 Å². The van der Waals surface area contributed by atoms with Crippen molar-refractivity contribution in [2.24, 2.45) is 0 Å². The number of hydrogen-bond acceptors (Lipinski definition) is 12. The molecule has 27 heavy (non-hydrogen) atoms. The van der Waals surface area contributed by atoms with Crippen molar-refractivity contribution in [3.8, 4) is 0 Å². The zero-order chi connectivity index (χ0) is 16.6. The summed E-state index contributed by atoms with van der Waals surface area (Å²) in [5.74, 6) is -8.23. The second-order valence-electron chi connectivity index (χ2n) is 3.06. The van der Waals surface area contributed by atoms with Crippen LogP contribution in [0.4, 0.5) is 0 Å². The molecule has 16 nitrogen and oxygen atoms in total. The molecule has 12 N–H and O–H groups in total. The van der Waals surface area contributed by atoms with Gasteiger partial charge in [-0.1, -0.05) is 0 Å². The molecule has 0 aromatic carbocycles. The number of aliphatic hydroxyl groups excluding tert-OH is 4. The van der Waals surface area contributed by atoms with E-state index in [1.165, 1.54) is 0 Å². The molecule has 0 aromatic rings. The van der Waals surface area contributed by atoms with Crippen LogP contribution < -0.4 is 101 Å². The van der Waals surface area contributed by atoms with Crippen LogP contribution in [-0.4, -0.2) is 90.6 Å². The summed E-state index contributed by atoms with van der Waals surface area (Å²) in [6, 6.07) is 0. The molecule has 0 heterocycles. The van der Waals surface area contributed by atoms with E-state index in [2.05, 4.69) is 0 Å². The maximum Gasteiger partial charge on any atom is 2.00 e. The molecule has 0 aliphatic carbocycles. The van der Waals surface area contributed by atoms with Gasteiger partial charge in [0.2, 0.25) is 0 Å². The van der Waals surface area contributed by atoms with Gasteiger partial charge in [0.1, 0.15) is 24.4 Å². The van der Waals surface area contributed by atoms with Gasteiger partial charge in [-0.2, -0.15) is 0 Å². The van der Waals surface area contributed by atoms with Gasteiger partial charge in [0, 0.05) is 0 Å². The first-order valence-corrected chi connectivity index (χ1v) is 4.49. The predicted octanol–water partition coefficient (Wildman–Crippen LogP) is -18.9. The van der Waals surface area contributed by atoms with Crippen LogP contribution in [0, 0.1) is 0 Å². The van der Waals surface area contributed by atoms with Gasteiger partial charge in [-0.25, -0.2) is 0 Å². The third-order valence-corrected chi connectivity index (χ3v) is 1.56. The van der Waals surface area contributed by atoms with Gasteiger partial charge >= 0.3 is 98.0 Å². The van der Waals surface area contributed by atoms with E-state index in [4.69, 9.17) is 20.4 Å². The van der Waals surface area contributed by atoms with Crippen LogP contribution in [0.25, 0.3) is 0 Å². The van der Waals surface area contributed by atoms with Crippen LogP contribution in [0.3, 0.4) is 0 Å². The summed E-state index contributed by atoms with van der Waals surface area (Å²) in [5.41, 5.74) is 0. The number of aliphatic carboxylic acids is 4. The average Bonchev–Trinajstić information content (AvgIpc) is 2.35. The van der Waals surface area contributed by atoms with Crippen LogP contribution in [0.1, 0.15) is 0 Å². The molecular formula is C8H16CuKNaO16. The zero-order valence-electron chi connectivity index (χ0n) is 13.7. The van der Waals surface area contributed by atoms with Gasteiger partial charge in [0.25, 0.3) is 0 Å². The molecule has 0 fully saturated rings. The Bertz CT molecular complexity index is 325. The largest absolute Gasteiger partial charge is 2.00 e.